The smallest absolute Gasteiger partial charge is 0.270 e. The number of halogens is 1. The lowest BCUT2D eigenvalue weighted by molar-refractivity contribution is -0.113. The Morgan fingerprint density at radius 2 is 1.74 bits per heavy atom. The van der Waals surface area contributed by atoms with Crippen LogP contribution in [-0.2, 0) is 4.79 Å². The van der Waals surface area contributed by atoms with Crippen LogP contribution in [0.25, 0.3) is 6.08 Å². The molecule has 1 amide bonds. The van der Waals surface area contributed by atoms with Gasteiger partial charge in [0.1, 0.15) is 19.0 Å². The van der Waals surface area contributed by atoms with Gasteiger partial charge >= 0.3 is 0 Å². The van der Waals surface area contributed by atoms with Crippen LogP contribution in [0.2, 0.25) is 5.02 Å². The summed E-state index contributed by atoms with van der Waals surface area (Å²) in [7, 11) is 1.54. The fourth-order valence-corrected chi connectivity index (χ4v) is 4.89. The molecule has 174 valence electrons. The van der Waals surface area contributed by atoms with Gasteiger partial charge in [0.05, 0.1) is 22.7 Å². The van der Waals surface area contributed by atoms with E-state index >= 15 is 0 Å². The zero-order valence-corrected chi connectivity index (χ0v) is 21.0. The lowest BCUT2D eigenvalue weighted by Crippen LogP contribution is -2.27. The first-order valence-electron chi connectivity index (χ1n) is 10.5. The zero-order chi connectivity index (χ0) is 24.1. The number of rotatable bonds is 8. The molecule has 5 nitrogen and oxygen atoms in total. The fraction of sp³-hybridized carbons (Fsp3) is 0.154. The van der Waals surface area contributed by atoms with Crippen molar-refractivity contribution in [3.63, 3.8) is 0 Å². The third-order valence-electron chi connectivity index (χ3n) is 4.98. The minimum Gasteiger partial charge on any atom is -0.493 e. The van der Waals surface area contributed by atoms with Crippen LogP contribution in [0.3, 0.4) is 0 Å². The molecule has 1 aliphatic heterocycles. The Kier molecular flexibility index (Phi) is 7.77. The van der Waals surface area contributed by atoms with Gasteiger partial charge in [-0.2, -0.15) is 0 Å². The second-order valence-corrected chi connectivity index (χ2v) is 9.48. The third-order valence-corrected chi connectivity index (χ3v) is 6.56. The number of hydrogen-bond acceptors (Lipinski definition) is 6. The molecule has 0 spiro atoms. The maximum Gasteiger partial charge on any atom is 0.270 e. The van der Waals surface area contributed by atoms with Gasteiger partial charge in [-0.15, -0.1) is 0 Å². The van der Waals surface area contributed by atoms with E-state index in [1.807, 2.05) is 61.5 Å². The molecular weight excluding hydrogens is 490 g/mol. The van der Waals surface area contributed by atoms with Crippen molar-refractivity contribution in [1.82, 2.24) is 0 Å². The highest BCUT2D eigenvalue weighted by atomic mass is 35.5. The monoisotopic (exact) mass is 511 g/mol. The van der Waals surface area contributed by atoms with Crippen LogP contribution in [0, 0.1) is 6.92 Å². The molecule has 0 aliphatic carbocycles. The van der Waals surface area contributed by atoms with Crippen molar-refractivity contribution in [2.24, 2.45) is 0 Å². The van der Waals surface area contributed by atoms with Crippen molar-refractivity contribution in [1.29, 1.82) is 0 Å². The molecule has 34 heavy (non-hydrogen) atoms. The van der Waals surface area contributed by atoms with Gasteiger partial charge in [-0.1, -0.05) is 71.5 Å². The first-order chi connectivity index (χ1) is 16.5. The molecule has 0 atom stereocenters. The lowest BCUT2D eigenvalue weighted by atomic mass is 10.1. The molecule has 8 heteroatoms. The molecule has 0 radical (unpaired) electrons. The van der Waals surface area contributed by atoms with E-state index in [1.165, 1.54) is 22.2 Å². The Balaban J connectivity index is 1.46. The molecule has 1 heterocycles. The zero-order valence-electron chi connectivity index (χ0n) is 18.6. The first-order valence-corrected chi connectivity index (χ1v) is 12.1. The molecule has 0 aromatic heterocycles. The summed E-state index contributed by atoms with van der Waals surface area (Å²) >= 11 is 13.2. The Morgan fingerprint density at radius 3 is 2.44 bits per heavy atom. The molecule has 1 fully saturated rings. The normalized spacial score (nSPS) is 14.6. The predicted molar refractivity (Wildman–Crippen MR) is 142 cm³/mol. The SMILES string of the molecule is COc1cc(C=C2SC(=S)N(c3ccccc3)C2=O)cc(Cl)c1OCCOc1ccc(C)cc1. The number of anilines is 1. The fourth-order valence-electron chi connectivity index (χ4n) is 3.32. The summed E-state index contributed by atoms with van der Waals surface area (Å²) in [5, 5.41) is 0.375. The number of carbonyl (C=O) groups is 1. The number of methoxy groups -OCH3 is 1. The van der Waals surface area contributed by atoms with E-state index in [0.717, 1.165) is 11.4 Å². The summed E-state index contributed by atoms with van der Waals surface area (Å²) in [6, 6.07) is 20.6. The number of nitrogens with zero attached hydrogens (tertiary/aromatic N) is 1. The topological polar surface area (TPSA) is 48.0 Å². The van der Waals surface area contributed by atoms with Gasteiger partial charge in [0.25, 0.3) is 5.91 Å². The molecule has 0 unspecified atom stereocenters. The van der Waals surface area contributed by atoms with Gasteiger partial charge in [0.2, 0.25) is 0 Å². The molecule has 0 N–H and O–H groups in total. The van der Waals surface area contributed by atoms with Gasteiger partial charge in [0.15, 0.2) is 15.8 Å². The van der Waals surface area contributed by atoms with E-state index in [1.54, 1.807) is 25.3 Å². The van der Waals surface area contributed by atoms with Crippen LogP contribution in [0.15, 0.2) is 71.6 Å². The van der Waals surface area contributed by atoms with Crippen molar-refractivity contribution < 1.29 is 19.0 Å². The molecule has 3 aromatic carbocycles. The summed E-state index contributed by atoms with van der Waals surface area (Å²) in [5.41, 5.74) is 2.61. The van der Waals surface area contributed by atoms with Crippen LogP contribution in [0.5, 0.6) is 17.2 Å². The van der Waals surface area contributed by atoms with Crippen LogP contribution >= 0.6 is 35.6 Å². The van der Waals surface area contributed by atoms with E-state index in [-0.39, 0.29) is 5.91 Å². The quantitative estimate of drug-likeness (QED) is 0.195. The van der Waals surface area contributed by atoms with Crippen LogP contribution < -0.4 is 19.1 Å². The average Bonchev–Trinajstić information content (AvgIpc) is 3.11. The summed E-state index contributed by atoms with van der Waals surface area (Å²) < 4.78 is 17.5. The number of carbonyl (C=O) groups excluding carboxylic acids is 1. The van der Waals surface area contributed by atoms with Gasteiger partial charge in [-0.05, 0) is 55.0 Å². The Labute approximate surface area is 213 Å². The number of thioether (sulfide) groups is 1. The molecule has 3 aromatic rings. The number of hydrogen-bond donors (Lipinski definition) is 0. The number of ether oxygens (including phenoxy) is 3. The van der Waals surface area contributed by atoms with E-state index in [4.69, 9.17) is 38.0 Å². The number of amides is 1. The lowest BCUT2D eigenvalue weighted by Gasteiger charge is -2.14. The van der Waals surface area contributed by atoms with Crippen molar-refractivity contribution in [3.8, 4) is 17.2 Å². The second kappa shape index (κ2) is 11.0. The molecular formula is C26H22ClNO4S2. The standard InChI is InChI=1S/C26H22ClNO4S2/c1-17-8-10-20(11-9-17)31-12-13-32-24-21(27)14-18(15-22(24)30-2)16-23-25(29)28(26(33)34-23)19-6-4-3-5-7-19/h3-11,14-16H,12-13H2,1-2H3. The number of thiocarbonyl (C=S) groups is 1. The Bertz CT molecular complexity index is 1230. The minimum atomic E-state index is -0.176. The molecule has 4 rings (SSSR count). The molecule has 0 bridgehead atoms. The van der Waals surface area contributed by atoms with Gasteiger partial charge in [-0.3, -0.25) is 9.69 Å². The predicted octanol–water partition coefficient (Wildman–Crippen LogP) is 6.52. The highest BCUT2D eigenvalue weighted by Crippen LogP contribution is 2.40. The van der Waals surface area contributed by atoms with Gasteiger partial charge in [-0.25, -0.2) is 0 Å². The summed E-state index contributed by atoms with van der Waals surface area (Å²) in [4.78, 5) is 15.0. The van der Waals surface area contributed by atoms with E-state index in [9.17, 15) is 4.79 Å². The second-order valence-electron chi connectivity index (χ2n) is 7.40. The summed E-state index contributed by atoms with van der Waals surface area (Å²) in [5.74, 6) is 1.48. The van der Waals surface area contributed by atoms with Crippen molar-refractivity contribution >= 4 is 57.6 Å². The highest BCUT2D eigenvalue weighted by Gasteiger charge is 2.33. The van der Waals surface area contributed by atoms with E-state index < -0.39 is 0 Å². The van der Waals surface area contributed by atoms with Crippen molar-refractivity contribution in [2.75, 3.05) is 25.2 Å². The molecule has 0 saturated carbocycles. The minimum absolute atomic E-state index is 0.176. The number of para-hydroxylation sites is 1. The molecule has 1 saturated heterocycles. The maximum atomic E-state index is 13.0. The third kappa shape index (κ3) is 5.55. The Hall–Kier alpha value is -3.00. The van der Waals surface area contributed by atoms with E-state index in [0.29, 0.717) is 44.5 Å². The van der Waals surface area contributed by atoms with Gasteiger partial charge in [0, 0.05) is 0 Å². The van der Waals surface area contributed by atoms with Crippen molar-refractivity contribution in [3.05, 3.63) is 87.8 Å². The van der Waals surface area contributed by atoms with Crippen LogP contribution in [-0.4, -0.2) is 30.6 Å². The largest absolute Gasteiger partial charge is 0.493 e. The molecule has 1 aliphatic rings. The summed E-state index contributed by atoms with van der Waals surface area (Å²) in [6.07, 6.45) is 1.75. The Morgan fingerprint density at radius 1 is 1.03 bits per heavy atom. The number of aryl methyl sites for hydroxylation is 1. The van der Waals surface area contributed by atoms with Crippen LogP contribution in [0.4, 0.5) is 5.69 Å². The summed E-state index contributed by atoms with van der Waals surface area (Å²) in [6.45, 7) is 2.67. The first kappa shape index (κ1) is 24.1. The van der Waals surface area contributed by atoms with E-state index in [2.05, 4.69) is 0 Å². The van der Waals surface area contributed by atoms with Crippen molar-refractivity contribution in [2.45, 2.75) is 6.92 Å². The van der Waals surface area contributed by atoms with Gasteiger partial charge < -0.3 is 14.2 Å². The average molecular weight is 512 g/mol. The highest BCUT2D eigenvalue weighted by molar-refractivity contribution is 8.27. The number of benzene rings is 3. The maximum absolute atomic E-state index is 13.0. The van der Waals surface area contributed by atoms with Crippen LogP contribution in [0.1, 0.15) is 11.1 Å².